The van der Waals surface area contributed by atoms with Crippen molar-refractivity contribution in [3.8, 4) is 11.3 Å². The van der Waals surface area contributed by atoms with Crippen molar-refractivity contribution >= 4 is 27.4 Å². The Kier molecular flexibility index (Phi) is 5.77. The summed E-state index contributed by atoms with van der Waals surface area (Å²) in [6, 6.07) is 13.6. The van der Waals surface area contributed by atoms with E-state index in [9.17, 15) is 13.2 Å². The Balaban J connectivity index is 1.54. The number of anilines is 1. The van der Waals surface area contributed by atoms with Gasteiger partial charge in [0.25, 0.3) is 5.91 Å². The van der Waals surface area contributed by atoms with Crippen LogP contribution in [0.1, 0.15) is 36.7 Å². The van der Waals surface area contributed by atoms with Crippen molar-refractivity contribution in [1.29, 1.82) is 0 Å². The quantitative estimate of drug-likeness (QED) is 0.465. The summed E-state index contributed by atoms with van der Waals surface area (Å²) in [5.41, 5.74) is 2.58. The van der Waals surface area contributed by atoms with Crippen LogP contribution in [-0.4, -0.2) is 34.2 Å². The first-order valence-electron chi connectivity index (χ1n) is 10.4. The maximum Gasteiger partial charge on any atom is 0.255 e. The molecule has 0 unspecified atom stereocenters. The summed E-state index contributed by atoms with van der Waals surface area (Å²) in [6.07, 6.45) is 5.45. The van der Waals surface area contributed by atoms with Gasteiger partial charge >= 0.3 is 0 Å². The molecule has 170 valence electrons. The predicted molar refractivity (Wildman–Crippen MR) is 128 cm³/mol. The van der Waals surface area contributed by atoms with E-state index in [1.54, 1.807) is 52.1 Å². The van der Waals surface area contributed by atoms with Crippen molar-refractivity contribution in [1.82, 2.24) is 19.1 Å². The van der Waals surface area contributed by atoms with Crippen LogP contribution in [0.4, 0.5) is 5.69 Å². The van der Waals surface area contributed by atoms with Crippen molar-refractivity contribution in [2.24, 2.45) is 0 Å². The van der Waals surface area contributed by atoms with E-state index in [1.807, 2.05) is 35.0 Å². The van der Waals surface area contributed by atoms with Crippen molar-refractivity contribution in [3.63, 3.8) is 0 Å². The number of benzene rings is 2. The topological polar surface area (TPSA) is 105 Å². The van der Waals surface area contributed by atoms with E-state index >= 15 is 0 Å². The number of nitrogens with one attached hydrogen (secondary N) is 2. The SMILES string of the molecule is Cc1ccc(S(=O)(=O)NC(C)(C)C)cc1C(=O)Nc1ccc(-c2cn3cccnc3n2)cc1. The van der Waals surface area contributed by atoms with E-state index < -0.39 is 15.6 Å². The average Bonchev–Trinajstić information content (AvgIpc) is 3.17. The molecule has 1 amide bonds. The zero-order chi connectivity index (χ0) is 23.8. The van der Waals surface area contributed by atoms with Crippen LogP contribution >= 0.6 is 0 Å². The normalized spacial score (nSPS) is 12.1. The molecule has 9 heteroatoms. The molecular weight excluding hydrogens is 438 g/mol. The van der Waals surface area contributed by atoms with Crippen LogP contribution in [0.25, 0.3) is 17.0 Å². The summed E-state index contributed by atoms with van der Waals surface area (Å²) < 4.78 is 29.8. The highest BCUT2D eigenvalue weighted by Gasteiger charge is 2.23. The van der Waals surface area contributed by atoms with Gasteiger partial charge in [0.05, 0.1) is 10.6 Å². The zero-order valence-electron chi connectivity index (χ0n) is 18.8. The molecule has 0 spiro atoms. The van der Waals surface area contributed by atoms with E-state index in [0.29, 0.717) is 22.6 Å². The number of imidazole rings is 1. The average molecular weight is 464 g/mol. The first-order valence-corrected chi connectivity index (χ1v) is 11.9. The molecule has 33 heavy (non-hydrogen) atoms. The summed E-state index contributed by atoms with van der Waals surface area (Å²) in [4.78, 5) is 21.7. The molecule has 0 saturated carbocycles. The third-order valence-corrected chi connectivity index (χ3v) is 6.63. The minimum atomic E-state index is -3.76. The lowest BCUT2D eigenvalue weighted by atomic mass is 10.1. The van der Waals surface area contributed by atoms with E-state index in [4.69, 9.17) is 0 Å². The van der Waals surface area contributed by atoms with Gasteiger partial charge in [-0.05, 0) is 63.6 Å². The van der Waals surface area contributed by atoms with Crippen molar-refractivity contribution in [2.75, 3.05) is 5.32 Å². The Morgan fingerprint density at radius 3 is 2.45 bits per heavy atom. The largest absolute Gasteiger partial charge is 0.322 e. The van der Waals surface area contributed by atoms with Crippen LogP contribution in [0.2, 0.25) is 0 Å². The fourth-order valence-electron chi connectivity index (χ4n) is 3.37. The minimum absolute atomic E-state index is 0.0454. The molecule has 0 fully saturated rings. The van der Waals surface area contributed by atoms with E-state index in [0.717, 1.165) is 11.3 Å². The highest BCUT2D eigenvalue weighted by molar-refractivity contribution is 7.89. The molecule has 4 aromatic rings. The van der Waals surface area contributed by atoms with Gasteiger partial charge in [0.2, 0.25) is 15.8 Å². The third kappa shape index (κ3) is 5.10. The molecular formula is C24H25N5O3S. The standard InChI is InChI=1S/C24H25N5O3S/c1-16-6-11-19(33(31,32)28-24(2,3)4)14-20(16)22(30)26-18-9-7-17(8-10-18)21-15-29-13-5-12-25-23(29)27-21/h5-15,28H,1-4H3,(H,26,30). The van der Waals surface area contributed by atoms with Gasteiger partial charge in [-0.1, -0.05) is 18.2 Å². The van der Waals surface area contributed by atoms with Gasteiger partial charge in [0.1, 0.15) is 0 Å². The molecule has 0 atom stereocenters. The fourth-order valence-corrected chi connectivity index (χ4v) is 4.81. The van der Waals surface area contributed by atoms with Crippen LogP contribution < -0.4 is 10.0 Å². The minimum Gasteiger partial charge on any atom is -0.322 e. The van der Waals surface area contributed by atoms with Crippen LogP contribution in [0.15, 0.2) is 72.0 Å². The van der Waals surface area contributed by atoms with Crippen LogP contribution in [0.3, 0.4) is 0 Å². The molecule has 2 heterocycles. The zero-order valence-corrected chi connectivity index (χ0v) is 19.6. The number of carbonyl (C=O) groups excluding carboxylic acids is 1. The molecule has 0 aliphatic heterocycles. The van der Waals surface area contributed by atoms with Gasteiger partial charge in [-0.25, -0.2) is 23.1 Å². The van der Waals surface area contributed by atoms with Crippen molar-refractivity contribution in [2.45, 2.75) is 38.1 Å². The highest BCUT2D eigenvalue weighted by Crippen LogP contribution is 2.22. The number of aryl methyl sites for hydroxylation is 1. The molecule has 0 aliphatic carbocycles. The summed E-state index contributed by atoms with van der Waals surface area (Å²) >= 11 is 0. The predicted octanol–water partition coefficient (Wildman–Crippen LogP) is 4.03. The Morgan fingerprint density at radius 1 is 1.06 bits per heavy atom. The number of hydrogen-bond donors (Lipinski definition) is 2. The number of hydrogen-bond acceptors (Lipinski definition) is 5. The molecule has 8 nitrogen and oxygen atoms in total. The number of fused-ring (bicyclic) bond motifs is 1. The maximum absolute atomic E-state index is 12.9. The lowest BCUT2D eigenvalue weighted by Gasteiger charge is -2.20. The van der Waals surface area contributed by atoms with E-state index in [1.165, 1.54) is 12.1 Å². The van der Waals surface area contributed by atoms with E-state index in [2.05, 4.69) is 20.0 Å². The maximum atomic E-state index is 12.9. The number of carbonyl (C=O) groups is 1. The summed E-state index contributed by atoms with van der Waals surface area (Å²) in [6.45, 7) is 7.06. The van der Waals surface area contributed by atoms with Crippen molar-refractivity contribution < 1.29 is 13.2 Å². The van der Waals surface area contributed by atoms with Gasteiger partial charge in [0.15, 0.2) is 0 Å². The highest BCUT2D eigenvalue weighted by atomic mass is 32.2. The second-order valence-corrected chi connectivity index (χ2v) is 10.5. The molecule has 0 saturated heterocycles. The lowest BCUT2D eigenvalue weighted by Crippen LogP contribution is -2.40. The lowest BCUT2D eigenvalue weighted by molar-refractivity contribution is 0.102. The first-order chi connectivity index (χ1) is 15.5. The Bertz CT molecular complexity index is 1400. The number of aromatic nitrogens is 3. The first kappa shape index (κ1) is 22.6. The number of nitrogens with zero attached hydrogens (tertiary/aromatic N) is 3. The van der Waals surface area contributed by atoms with Crippen LogP contribution in [0, 0.1) is 6.92 Å². The van der Waals surface area contributed by atoms with Gasteiger partial charge < -0.3 is 5.32 Å². The molecule has 4 rings (SSSR count). The second-order valence-electron chi connectivity index (χ2n) is 8.82. The molecule has 2 aromatic carbocycles. The smallest absolute Gasteiger partial charge is 0.255 e. The molecule has 0 aliphatic rings. The van der Waals surface area contributed by atoms with Gasteiger partial charge in [-0.3, -0.25) is 9.20 Å². The number of amides is 1. The van der Waals surface area contributed by atoms with E-state index in [-0.39, 0.29) is 10.8 Å². The Labute approximate surface area is 192 Å². The molecule has 2 aromatic heterocycles. The van der Waals surface area contributed by atoms with Crippen LogP contribution in [-0.2, 0) is 10.0 Å². The summed E-state index contributed by atoms with van der Waals surface area (Å²) in [5.74, 6) is 0.223. The summed E-state index contributed by atoms with van der Waals surface area (Å²) in [7, 11) is -3.76. The number of sulfonamides is 1. The molecule has 0 radical (unpaired) electrons. The monoisotopic (exact) mass is 463 g/mol. The second kappa shape index (κ2) is 8.42. The Morgan fingerprint density at radius 2 is 1.79 bits per heavy atom. The molecule has 0 bridgehead atoms. The fraction of sp³-hybridized carbons (Fsp3) is 0.208. The van der Waals surface area contributed by atoms with Crippen LogP contribution in [0.5, 0.6) is 0 Å². The molecule has 2 N–H and O–H groups in total. The van der Waals surface area contributed by atoms with Gasteiger partial charge in [-0.2, -0.15) is 0 Å². The Hall–Kier alpha value is -3.56. The van der Waals surface area contributed by atoms with Gasteiger partial charge in [-0.15, -0.1) is 0 Å². The summed E-state index contributed by atoms with van der Waals surface area (Å²) in [5, 5.41) is 2.84. The van der Waals surface area contributed by atoms with Gasteiger partial charge in [0, 0.05) is 40.9 Å². The van der Waals surface area contributed by atoms with Crippen molar-refractivity contribution in [3.05, 3.63) is 78.2 Å². The third-order valence-electron chi connectivity index (χ3n) is 4.88. The number of rotatable bonds is 5.